The lowest BCUT2D eigenvalue weighted by atomic mass is 10.2. The summed E-state index contributed by atoms with van der Waals surface area (Å²) in [5.74, 6) is -0.496. The largest absolute Gasteiger partial charge is 0.375 e. The molecule has 18 heavy (non-hydrogen) atoms. The topological polar surface area (TPSA) is 55.2 Å². The molecule has 0 saturated carbocycles. The third-order valence-electron chi connectivity index (χ3n) is 2.50. The summed E-state index contributed by atoms with van der Waals surface area (Å²) in [5.41, 5.74) is 0.0161. The monoisotopic (exact) mass is 266 g/mol. The maximum atomic E-state index is 13.6. The molecule has 2 aromatic rings. The van der Waals surface area contributed by atoms with Crippen LogP contribution in [0.3, 0.4) is 0 Å². The number of nitrogens with one attached hydrogen (secondary N) is 1. The van der Waals surface area contributed by atoms with Crippen molar-refractivity contribution >= 4 is 22.7 Å². The SMILES string of the molecule is CC(Nc1cc([N+](=O)[O-])ccc1F)c1cccs1. The summed E-state index contributed by atoms with van der Waals surface area (Å²) in [6, 6.07) is 7.19. The van der Waals surface area contributed by atoms with E-state index in [1.807, 2.05) is 24.4 Å². The van der Waals surface area contributed by atoms with Gasteiger partial charge in [0.25, 0.3) is 5.69 Å². The molecule has 0 fully saturated rings. The highest BCUT2D eigenvalue weighted by atomic mass is 32.1. The van der Waals surface area contributed by atoms with E-state index in [1.54, 1.807) is 11.3 Å². The van der Waals surface area contributed by atoms with Crippen LogP contribution in [0, 0.1) is 15.9 Å². The van der Waals surface area contributed by atoms with E-state index in [4.69, 9.17) is 0 Å². The molecule has 0 spiro atoms. The summed E-state index contributed by atoms with van der Waals surface area (Å²) in [5, 5.41) is 15.5. The average molecular weight is 266 g/mol. The van der Waals surface area contributed by atoms with Gasteiger partial charge in [0.2, 0.25) is 0 Å². The minimum atomic E-state index is -0.541. The van der Waals surface area contributed by atoms with Crippen molar-refractivity contribution in [2.45, 2.75) is 13.0 Å². The quantitative estimate of drug-likeness (QED) is 0.673. The van der Waals surface area contributed by atoms with E-state index in [1.165, 1.54) is 6.07 Å². The molecule has 4 nitrogen and oxygen atoms in total. The number of hydrogen-bond donors (Lipinski definition) is 1. The Bertz CT molecular complexity index is 557. The Morgan fingerprint density at radius 3 is 2.83 bits per heavy atom. The van der Waals surface area contributed by atoms with E-state index in [2.05, 4.69) is 5.32 Å². The summed E-state index contributed by atoms with van der Waals surface area (Å²) < 4.78 is 13.6. The lowest BCUT2D eigenvalue weighted by Gasteiger charge is -2.14. The number of hydrogen-bond acceptors (Lipinski definition) is 4. The van der Waals surface area contributed by atoms with Crippen molar-refractivity contribution in [1.29, 1.82) is 0 Å². The first-order chi connectivity index (χ1) is 8.58. The molecule has 1 heterocycles. The van der Waals surface area contributed by atoms with Gasteiger partial charge in [-0.15, -0.1) is 11.3 Å². The third-order valence-corrected chi connectivity index (χ3v) is 3.56. The van der Waals surface area contributed by atoms with Crippen molar-refractivity contribution in [1.82, 2.24) is 0 Å². The normalized spacial score (nSPS) is 12.1. The van der Waals surface area contributed by atoms with Crippen LogP contribution in [0.4, 0.5) is 15.8 Å². The molecule has 1 unspecified atom stereocenters. The van der Waals surface area contributed by atoms with E-state index in [9.17, 15) is 14.5 Å². The van der Waals surface area contributed by atoms with E-state index in [0.717, 1.165) is 17.0 Å². The fourth-order valence-corrected chi connectivity index (χ4v) is 2.31. The number of non-ortho nitro benzene ring substituents is 1. The molecule has 0 aliphatic carbocycles. The number of nitrogens with zero attached hydrogens (tertiary/aromatic N) is 1. The molecule has 0 radical (unpaired) electrons. The highest BCUT2D eigenvalue weighted by Crippen LogP contribution is 2.27. The fraction of sp³-hybridized carbons (Fsp3) is 0.167. The average Bonchev–Trinajstić information content (AvgIpc) is 2.85. The number of benzene rings is 1. The molecular formula is C12H11FN2O2S. The zero-order valence-electron chi connectivity index (χ0n) is 9.59. The Morgan fingerprint density at radius 1 is 1.44 bits per heavy atom. The summed E-state index contributed by atoms with van der Waals surface area (Å²) in [6.07, 6.45) is 0. The van der Waals surface area contributed by atoms with E-state index < -0.39 is 10.7 Å². The molecule has 0 amide bonds. The van der Waals surface area contributed by atoms with Crippen LogP contribution in [0.2, 0.25) is 0 Å². The van der Waals surface area contributed by atoms with Crippen LogP contribution in [0.15, 0.2) is 35.7 Å². The third kappa shape index (κ3) is 2.65. The van der Waals surface area contributed by atoms with Crippen LogP contribution >= 0.6 is 11.3 Å². The molecular weight excluding hydrogens is 255 g/mol. The van der Waals surface area contributed by atoms with Crippen molar-refractivity contribution in [3.8, 4) is 0 Å². The summed E-state index contributed by atoms with van der Waals surface area (Å²) >= 11 is 1.55. The molecule has 0 saturated heterocycles. The second kappa shape index (κ2) is 5.14. The summed E-state index contributed by atoms with van der Waals surface area (Å²) in [7, 11) is 0. The molecule has 2 rings (SSSR count). The van der Waals surface area contributed by atoms with E-state index in [-0.39, 0.29) is 17.4 Å². The van der Waals surface area contributed by atoms with Gasteiger partial charge in [-0.05, 0) is 24.4 Å². The van der Waals surface area contributed by atoms with Gasteiger partial charge in [-0.2, -0.15) is 0 Å². The first-order valence-corrected chi connectivity index (χ1v) is 6.20. The Balaban J connectivity index is 2.23. The predicted molar refractivity (Wildman–Crippen MR) is 69.4 cm³/mol. The Kier molecular flexibility index (Phi) is 3.57. The minimum Gasteiger partial charge on any atom is -0.375 e. The van der Waals surface area contributed by atoms with Gasteiger partial charge in [-0.1, -0.05) is 6.07 Å². The first-order valence-electron chi connectivity index (χ1n) is 5.32. The minimum absolute atomic E-state index is 0.0958. The first kappa shape index (κ1) is 12.5. The van der Waals surface area contributed by atoms with Gasteiger partial charge in [-0.3, -0.25) is 10.1 Å². The van der Waals surface area contributed by atoms with Crippen LogP contribution in [0.1, 0.15) is 17.8 Å². The van der Waals surface area contributed by atoms with E-state index in [0.29, 0.717) is 0 Å². The van der Waals surface area contributed by atoms with Crippen molar-refractivity contribution in [2.75, 3.05) is 5.32 Å². The summed E-state index contributed by atoms with van der Waals surface area (Å²) in [4.78, 5) is 11.1. The standard InChI is InChI=1S/C12H11FN2O2S/c1-8(12-3-2-6-18-12)14-11-7-9(15(16)17)4-5-10(11)13/h2-8,14H,1H3. The number of nitro groups is 1. The molecule has 0 aliphatic rings. The van der Waals surface area contributed by atoms with Crippen LogP contribution in [-0.2, 0) is 0 Å². The van der Waals surface area contributed by atoms with Crippen LogP contribution in [-0.4, -0.2) is 4.92 Å². The van der Waals surface area contributed by atoms with Crippen molar-refractivity contribution < 1.29 is 9.31 Å². The number of halogens is 1. The highest BCUT2D eigenvalue weighted by molar-refractivity contribution is 7.10. The van der Waals surface area contributed by atoms with Gasteiger partial charge in [-0.25, -0.2) is 4.39 Å². The maximum absolute atomic E-state index is 13.6. The zero-order chi connectivity index (χ0) is 13.1. The molecule has 94 valence electrons. The second-order valence-electron chi connectivity index (χ2n) is 3.80. The second-order valence-corrected chi connectivity index (χ2v) is 4.78. The van der Waals surface area contributed by atoms with Gasteiger partial charge in [0.05, 0.1) is 16.7 Å². The zero-order valence-corrected chi connectivity index (χ0v) is 10.4. The van der Waals surface area contributed by atoms with E-state index >= 15 is 0 Å². The van der Waals surface area contributed by atoms with Crippen LogP contribution in [0.25, 0.3) is 0 Å². The molecule has 0 bridgehead atoms. The van der Waals surface area contributed by atoms with Gasteiger partial charge >= 0.3 is 0 Å². The predicted octanol–water partition coefficient (Wildman–Crippen LogP) is 3.97. The number of thiophene rings is 1. The number of rotatable bonds is 4. The van der Waals surface area contributed by atoms with Crippen molar-refractivity contribution in [3.63, 3.8) is 0 Å². The molecule has 1 atom stereocenters. The van der Waals surface area contributed by atoms with Crippen molar-refractivity contribution in [3.05, 3.63) is 56.5 Å². The molecule has 1 aromatic carbocycles. The van der Waals surface area contributed by atoms with Crippen LogP contribution in [0.5, 0.6) is 0 Å². The van der Waals surface area contributed by atoms with Gasteiger partial charge < -0.3 is 5.32 Å². The smallest absolute Gasteiger partial charge is 0.271 e. The molecule has 0 aliphatic heterocycles. The Hall–Kier alpha value is -1.95. The fourth-order valence-electron chi connectivity index (χ4n) is 1.58. The lowest BCUT2D eigenvalue weighted by Crippen LogP contribution is -2.06. The van der Waals surface area contributed by atoms with Crippen LogP contribution < -0.4 is 5.32 Å². The number of nitro benzene ring substituents is 1. The van der Waals surface area contributed by atoms with Gasteiger partial charge in [0.15, 0.2) is 0 Å². The Labute approximate surface area is 107 Å². The Morgan fingerprint density at radius 2 is 2.22 bits per heavy atom. The number of anilines is 1. The highest BCUT2D eigenvalue weighted by Gasteiger charge is 2.13. The molecule has 6 heteroatoms. The molecule has 1 aromatic heterocycles. The maximum Gasteiger partial charge on any atom is 0.271 e. The summed E-state index contributed by atoms with van der Waals surface area (Å²) in [6.45, 7) is 1.88. The van der Waals surface area contributed by atoms with Gasteiger partial charge in [0, 0.05) is 17.0 Å². The van der Waals surface area contributed by atoms with Crippen molar-refractivity contribution in [2.24, 2.45) is 0 Å². The lowest BCUT2D eigenvalue weighted by molar-refractivity contribution is -0.384. The molecule has 1 N–H and O–H groups in total. The van der Waals surface area contributed by atoms with Gasteiger partial charge in [0.1, 0.15) is 5.82 Å².